The van der Waals surface area contributed by atoms with Crippen LogP contribution in [0.25, 0.3) is 0 Å². The van der Waals surface area contributed by atoms with Gasteiger partial charge < -0.3 is 11.1 Å². The standard InChI is InChI=1S/C12H16BrN3O2/c13-9-7-8(16(17)18)5-6-11(9)15-12-4-2-1-3-10(12)14/h5-7,10,12,15H,1-4,14H2. The summed E-state index contributed by atoms with van der Waals surface area (Å²) in [6, 6.07) is 5.14. The SMILES string of the molecule is NC1CCCCC1Nc1ccc([N+](=O)[O-])cc1Br. The van der Waals surface area contributed by atoms with E-state index in [0.29, 0.717) is 4.47 Å². The Labute approximate surface area is 114 Å². The van der Waals surface area contributed by atoms with E-state index in [4.69, 9.17) is 5.73 Å². The fourth-order valence-electron chi connectivity index (χ4n) is 2.27. The highest BCUT2D eigenvalue weighted by atomic mass is 79.9. The van der Waals surface area contributed by atoms with Crippen molar-refractivity contribution in [3.8, 4) is 0 Å². The molecule has 1 aromatic rings. The second-order valence-electron chi connectivity index (χ2n) is 4.62. The number of anilines is 1. The molecule has 2 rings (SSSR count). The molecule has 0 saturated heterocycles. The number of hydrogen-bond acceptors (Lipinski definition) is 4. The predicted molar refractivity (Wildman–Crippen MR) is 74.7 cm³/mol. The van der Waals surface area contributed by atoms with Gasteiger partial charge in [0.05, 0.1) is 4.92 Å². The van der Waals surface area contributed by atoms with Crippen molar-refractivity contribution >= 4 is 27.3 Å². The topological polar surface area (TPSA) is 81.2 Å². The molecule has 2 unspecified atom stereocenters. The zero-order valence-corrected chi connectivity index (χ0v) is 11.5. The van der Waals surface area contributed by atoms with Crippen molar-refractivity contribution in [2.45, 2.75) is 37.8 Å². The lowest BCUT2D eigenvalue weighted by molar-refractivity contribution is -0.384. The maximum Gasteiger partial charge on any atom is 0.270 e. The highest BCUT2D eigenvalue weighted by Gasteiger charge is 2.22. The van der Waals surface area contributed by atoms with E-state index in [-0.39, 0.29) is 17.8 Å². The van der Waals surface area contributed by atoms with Crippen molar-refractivity contribution < 1.29 is 4.92 Å². The van der Waals surface area contributed by atoms with Crippen LogP contribution in [-0.4, -0.2) is 17.0 Å². The largest absolute Gasteiger partial charge is 0.380 e. The quantitative estimate of drug-likeness (QED) is 0.664. The maximum absolute atomic E-state index is 10.7. The molecule has 0 amide bonds. The van der Waals surface area contributed by atoms with Gasteiger partial charge in [0, 0.05) is 34.4 Å². The summed E-state index contributed by atoms with van der Waals surface area (Å²) in [5.41, 5.74) is 7.02. The molecule has 1 aliphatic carbocycles. The number of nitrogens with zero attached hydrogens (tertiary/aromatic N) is 1. The summed E-state index contributed by atoms with van der Waals surface area (Å²) < 4.78 is 0.703. The van der Waals surface area contributed by atoms with Crippen LogP contribution in [0.4, 0.5) is 11.4 Å². The Kier molecular flexibility index (Phi) is 4.19. The summed E-state index contributed by atoms with van der Waals surface area (Å²) in [4.78, 5) is 10.2. The first-order valence-electron chi connectivity index (χ1n) is 6.04. The van der Waals surface area contributed by atoms with E-state index in [0.717, 1.165) is 18.5 Å². The summed E-state index contributed by atoms with van der Waals surface area (Å²) in [5.74, 6) is 0. The molecular weight excluding hydrogens is 298 g/mol. The molecule has 0 radical (unpaired) electrons. The summed E-state index contributed by atoms with van der Waals surface area (Å²) >= 11 is 3.35. The average molecular weight is 314 g/mol. The van der Waals surface area contributed by atoms with Crippen LogP contribution in [0.5, 0.6) is 0 Å². The molecule has 18 heavy (non-hydrogen) atoms. The lowest BCUT2D eigenvalue weighted by Crippen LogP contribution is -2.42. The molecular formula is C12H16BrN3O2. The highest BCUT2D eigenvalue weighted by Crippen LogP contribution is 2.29. The van der Waals surface area contributed by atoms with E-state index < -0.39 is 4.92 Å². The molecule has 0 spiro atoms. The first-order valence-corrected chi connectivity index (χ1v) is 6.83. The van der Waals surface area contributed by atoms with Gasteiger partial charge in [-0.25, -0.2) is 0 Å². The van der Waals surface area contributed by atoms with Crippen LogP contribution in [0.3, 0.4) is 0 Å². The Morgan fingerprint density at radius 1 is 1.39 bits per heavy atom. The molecule has 1 aliphatic rings. The van der Waals surface area contributed by atoms with Crippen molar-refractivity contribution in [2.24, 2.45) is 5.73 Å². The number of benzene rings is 1. The van der Waals surface area contributed by atoms with Gasteiger partial charge in [-0.05, 0) is 34.8 Å². The first-order chi connectivity index (χ1) is 8.58. The van der Waals surface area contributed by atoms with Gasteiger partial charge in [-0.3, -0.25) is 10.1 Å². The molecule has 0 heterocycles. The fourth-order valence-corrected chi connectivity index (χ4v) is 2.75. The summed E-state index contributed by atoms with van der Waals surface area (Å²) in [6.07, 6.45) is 4.43. The molecule has 0 aromatic heterocycles. The van der Waals surface area contributed by atoms with Crippen molar-refractivity contribution in [2.75, 3.05) is 5.32 Å². The molecule has 5 nitrogen and oxygen atoms in total. The zero-order chi connectivity index (χ0) is 13.1. The van der Waals surface area contributed by atoms with Gasteiger partial charge >= 0.3 is 0 Å². The Hall–Kier alpha value is -1.14. The lowest BCUT2D eigenvalue weighted by Gasteiger charge is -2.30. The van der Waals surface area contributed by atoms with Crippen LogP contribution in [-0.2, 0) is 0 Å². The van der Waals surface area contributed by atoms with Gasteiger partial charge in [0.2, 0.25) is 0 Å². The number of nitro groups is 1. The number of nitro benzene ring substituents is 1. The van der Waals surface area contributed by atoms with Gasteiger partial charge in [0.25, 0.3) is 5.69 Å². The molecule has 6 heteroatoms. The first kappa shape index (κ1) is 13.3. The fraction of sp³-hybridized carbons (Fsp3) is 0.500. The van der Waals surface area contributed by atoms with Gasteiger partial charge in [-0.1, -0.05) is 12.8 Å². The minimum Gasteiger partial charge on any atom is -0.380 e. The maximum atomic E-state index is 10.7. The van der Waals surface area contributed by atoms with Gasteiger partial charge in [-0.15, -0.1) is 0 Å². The molecule has 0 bridgehead atoms. The molecule has 98 valence electrons. The number of hydrogen-bond donors (Lipinski definition) is 2. The summed E-state index contributed by atoms with van der Waals surface area (Å²) in [6.45, 7) is 0. The van der Waals surface area contributed by atoms with E-state index >= 15 is 0 Å². The van der Waals surface area contributed by atoms with Crippen LogP contribution in [0.15, 0.2) is 22.7 Å². The van der Waals surface area contributed by atoms with Crippen molar-refractivity contribution in [3.63, 3.8) is 0 Å². The Bertz CT molecular complexity index is 453. The second-order valence-corrected chi connectivity index (χ2v) is 5.47. The van der Waals surface area contributed by atoms with Crippen LogP contribution < -0.4 is 11.1 Å². The van der Waals surface area contributed by atoms with Crippen molar-refractivity contribution in [1.82, 2.24) is 0 Å². The van der Waals surface area contributed by atoms with Crippen LogP contribution in [0, 0.1) is 10.1 Å². The number of nitrogens with two attached hydrogens (primary N) is 1. The van der Waals surface area contributed by atoms with Crippen molar-refractivity contribution in [1.29, 1.82) is 0 Å². The monoisotopic (exact) mass is 313 g/mol. The Morgan fingerprint density at radius 2 is 2.11 bits per heavy atom. The van der Waals surface area contributed by atoms with E-state index in [1.165, 1.54) is 25.0 Å². The smallest absolute Gasteiger partial charge is 0.270 e. The molecule has 1 saturated carbocycles. The van der Waals surface area contributed by atoms with Crippen LogP contribution >= 0.6 is 15.9 Å². The van der Waals surface area contributed by atoms with Crippen LogP contribution in [0.1, 0.15) is 25.7 Å². The molecule has 1 fully saturated rings. The predicted octanol–water partition coefficient (Wildman–Crippen LogP) is 3.04. The number of nitrogens with one attached hydrogen (secondary N) is 1. The molecule has 1 aromatic carbocycles. The number of halogens is 1. The number of non-ortho nitro benzene ring substituents is 1. The second kappa shape index (κ2) is 5.67. The van der Waals surface area contributed by atoms with Gasteiger partial charge in [0.1, 0.15) is 0 Å². The minimum absolute atomic E-state index is 0.0837. The third kappa shape index (κ3) is 3.00. The third-order valence-electron chi connectivity index (χ3n) is 3.32. The summed E-state index contributed by atoms with van der Waals surface area (Å²) in [7, 11) is 0. The lowest BCUT2D eigenvalue weighted by atomic mass is 9.91. The Balaban J connectivity index is 2.11. The van der Waals surface area contributed by atoms with Gasteiger partial charge in [-0.2, -0.15) is 0 Å². The highest BCUT2D eigenvalue weighted by molar-refractivity contribution is 9.10. The summed E-state index contributed by atoms with van der Waals surface area (Å²) in [5, 5.41) is 14.0. The van der Waals surface area contributed by atoms with E-state index in [9.17, 15) is 10.1 Å². The van der Waals surface area contributed by atoms with Crippen molar-refractivity contribution in [3.05, 3.63) is 32.8 Å². The van der Waals surface area contributed by atoms with Crippen LogP contribution in [0.2, 0.25) is 0 Å². The average Bonchev–Trinajstić information content (AvgIpc) is 2.34. The van der Waals surface area contributed by atoms with Gasteiger partial charge in [0.15, 0.2) is 0 Å². The molecule has 0 aliphatic heterocycles. The molecule has 3 N–H and O–H groups in total. The van der Waals surface area contributed by atoms with E-state index in [1.54, 1.807) is 6.07 Å². The minimum atomic E-state index is -0.402. The van der Waals surface area contributed by atoms with E-state index in [1.807, 2.05) is 0 Å². The number of rotatable bonds is 3. The molecule has 2 atom stereocenters. The normalized spacial score (nSPS) is 23.7. The third-order valence-corrected chi connectivity index (χ3v) is 3.98. The zero-order valence-electron chi connectivity index (χ0n) is 9.93. The van der Waals surface area contributed by atoms with E-state index in [2.05, 4.69) is 21.2 Å². The Morgan fingerprint density at radius 3 is 2.72 bits per heavy atom.